The maximum absolute atomic E-state index is 5.91. The van der Waals surface area contributed by atoms with Crippen molar-refractivity contribution < 1.29 is 4.74 Å². The first kappa shape index (κ1) is 28.8. The molecule has 0 bridgehead atoms. The number of hydrogen-bond donors (Lipinski definition) is 5. The Morgan fingerprint density at radius 3 is 2.17 bits per heavy atom. The van der Waals surface area contributed by atoms with E-state index in [-0.39, 0.29) is 10.8 Å². The molecule has 0 saturated carbocycles. The van der Waals surface area contributed by atoms with E-state index in [0.717, 1.165) is 22.7 Å². The number of nitrogens with two attached hydrogens (primary N) is 2. The highest BCUT2D eigenvalue weighted by Gasteiger charge is 2.17. The lowest BCUT2D eigenvalue weighted by atomic mass is 9.92. The minimum atomic E-state index is 0.0102. The summed E-state index contributed by atoms with van der Waals surface area (Å²) in [4.78, 5) is 8.45. The highest BCUT2D eigenvalue weighted by atomic mass is 32.2. The highest BCUT2D eigenvalue weighted by molar-refractivity contribution is 8.13. The summed E-state index contributed by atoms with van der Waals surface area (Å²) in [5.41, 5.74) is 14.6. The number of para-hydroxylation sites is 1. The van der Waals surface area contributed by atoms with Crippen LogP contribution in [0.1, 0.15) is 58.5 Å². The van der Waals surface area contributed by atoms with Crippen LogP contribution in [0.4, 0.5) is 11.6 Å². The van der Waals surface area contributed by atoms with Crippen LogP contribution in [0.2, 0.25) is 0 Å². The molecule has 0 fully saturated rings. The van der Waals surface area contributed by atoms with Gasteiger partial charge in [-0.2, -0.15) is 10.2 Å². The van der Waals surface area contributed by atoms with E-state index in [2.05, 4.69) is 77.2 Å². The molecular weight excluding hydrogens is 474 g/mol. The van der Waals surface area contributed by atoms with Gasteiger partial charge in [0.25, 0.3) is 0 Å². The highest BCUT2D eigenvalue weighted by Crippen LogP contribution is 2.24. The van der Waals surface area contributed by atoms with Gasteiger partial charge in [-0.25, -0.2) is 9.98 Å². The molecule has 3 rings (SSSR count). The third-order valence-corrected chi connectivity index (χ3v) is 5.57. The fourth-order valence-corrected chi connectivity index (χ4v) is 3.04. The first-order valence-electron chi connectivity index (χ1n) is 11.5. The zero-order chi connectivity index (χ0) is 26.9. The zero-order valence-electron chi connectivity index (χ0n) is 22.4. The molecule has 196 valence electrons. The zero-order valence-corrected chi connectivity index (χ0v) is 23.2. The number of hydrogen-bond acceptors (Lipinski definition) is 6. The predicted octanol–water partition coefficient (Wildman–Crippen LogP) is 4.66. The average Bonchev–Trinajstić information content (AvgIpc) is 3.48. The SMILES string of the molecule is COc1ccccc1CN=C(N)Nc1cc(C(C)(C)C)[nH]n1.CSC(N)=Nc1cc(C(C)(C)C)[nH]n1. The fourth-order valence-electron chi connectivity index (χ4n) is 2.86. The number of amidine groups is 1. The van der Waals surface area contributed by atoms with Crippen molar-refractivity contribution in [2.45, 2.75) is 58.9 Å². The van der Waals surface area contributed by atoms with Crippen molar-refractivity contribution in [2.75, 3.05) is 18.7 Å². The Hall–Kier alpha value is -3.47. The summed E-state index contributed by atoms with van der Waals surface area (Å²) in [6.07, 6.45) is 1.89. The first-order valence-corrected chi connectivity index (χ1v) is 12.7. The molecule has 0 aliphatic carbocycles. The topological polar surface area (TPSA) is 155 Å². The number of H-pyrrole nitrogens is 2. The summed E-state index contributed by atoms with van der Waals surface area (Å²) < 4.78 is 5.29. The van der Waals surface area contributed by atoms with Crippen molar-refractivity contribution in [3.8, 4) is 5.75 Å². The molecule has 1 aromatic carbocycles. The Bertz CT molecular complexity index is 1170. The molecule has 0 amide bonds. The van der Waals surface area contributed by atoms with Crippen molar-refractivity contribution in [2.24, 2.45) is 21.5 Å². The molecule has 11 heteroatoms. The number of aromatic nitrogens is 4. The third kappa shape index (κ3) is 8.95. The molecule has 0 saturated heterocycles. The number of ether oxygens (including phenoxy) is 1. The number of guanidine groups is 1. The number of nitrogens with one attached hydrogen (secondary N) is 3. The van der Waals surface area contributed by atoms with Crippen LogP contribution in [0.5, 0.6) is 5.75 Å². The Kier molecular flexibility index (Phi) is 9.97. The number of methoxy groups -OCH3 is 1. The number of anilines is 1. The van der Waals surface area contributed by atoms with Gasteiger partial charge >= 0.3 is 0 Å². The number of nitrogens with zero attached hydrogens (tertiary/aromatic N) is 4. The van der Waals surface area contributed by atoms with E-state index < -0.39 is 0 Å². The van der Waals surface area contributed by atoms with Gasteiger partial charge in [-0.3, -0.25) is 10.2 Å². The predicted molar refractivity (Wildman–Crippen MR) is 151 cm³/mol. The van der Waals surface area contributed by atoms with E-state index in [4.69, 9.17) is 16.2 Å². The molecule has 0 unspecified atom stereocenters. The summed E-state index contributed by atoms with van der Waals surface area (Å²) in [5.74, 6) is 2.42. The van der Waals surface area contributed by atoms with Crippen molar-refractivity contribution in [1.29, 1.82) is 0 Å². The van der Waals surface area contributed by atoms with Crippen molar-refractivity contribution in [3.63, 3.8) is 0 Å². The van der Waals surface area contributed by atoms with E-state index >= 15 is 0 Å². The summed E-state index contributed by atoms with van der Waals surface area (Å²) in [6, 6.07) is 11.6. The largest absolute Gasteiger partial charge is 0.496 e. The second kappa shape index (κ2) is 12.5. The van der Waals surface area contributed by atoms with Crippen LogP contribution in [0.15, 0.2) is 46.4 Å². The smallest absolute Gasteiger partial charge is 0.194 e. The van der Waals surface area contributed by atoms with Crippen LogP contribution < -0.4 is 21.5 Å². The minimum absolute atomic E-state index is 0.0102. The van der Waals surface area contributed by atoms with Crippen molar-refractivity contribution >= 4 is 34.5 Å². The van der Waals surface area contributed by atoms with Crippen LogP contribution in [-0.4, -0.2) is 44.9 Å². The number of benzene rings is 1. The lowest BCUT2D eigenvalue weighted by molar-refractivity contribution is 0.410. The lowest BCUT2D eigenvalue weighted by Crippen LogP contribution is -2.22. The molecular formula is C25H39N9OS. The molecule has 0 aliphatic heterocycles. The minimum Gasteiger partial charge on any atom is -0.496 e. The van der Waals surface area contributed by atoms with Gasteiger partial charge in [-0.1, -0.05) is 71.5 Å². The van der Waals surface area contributed by atoms with Gasteiger partial charge in [0.1, 0.15) is 5.75 Å². The maximum Gasteiger partial charge on any atom is 0.194 e. The Balaban J connectivity index is 0.000000281. The van der Waals surface area contributed by atoms with E-state index in [1.165, 1.54) is 11.8 Å². The van der Waals surface area contributed by atoms with Crippen molar-refractivity contribution in [3.05, 3.63) is 53.3 Å². The average molecular weight is 514 g/mol. The van der Waals surface area contributed by atoms with Gasteiger partial charge < -0.3 is 21.5 Å². The van der Waals surface area contributed by atoms with Crippen LogP contribution in [0.3, 0.4) is 0 Å². The number of aliphatic imine (C=N–C) groups is 2. The number of rotatable bonds is 5. The molecule has 36 heavy (non-hydrogen) atoms. The summed E-state index contributed by atoms with van der Waals surface area (Å²) in [6.45, 7) is 13.1. The van der Waals surface area contributed by atoms with Crippen molar-refractivity contribution in [1.82, 2.24) is 20.4 Å². The molecule has 7 N–H and O–H groups in total. The number of thioether (sulfide) groups is 1. The molecule has 2 heterocycles. The van der Waals surface area contributed by atoms with E-state index in [1.54, 1.807) is 7.11 Å². The normalized spacial score (nSPS) is 12.7. The first-order chi connectivity index (χ1) is 16.8. The van der Waals surface area contributed by atoms with Crippen LogP contribution in [-0.2, 0) is 17.4 Å². The molecule has 2 aromatic heterocycles. The summed E-state index contributed by atoms with van der Waals surface area (Å²) in [5, 5.41) is 17.7. The molecule has 3 aromatic rings. The molecule has 0 atom stereocenters. The molecule has 10 nitrogen and oxygen atoms in total. The standard InChI is InChI=1S/C16H23N5O.C9H16N4S/c1-16(2,3)13-9-14(21-20-13)19-15(17)18-10-11-7-5-6-8-12(11)22-4;1-9(2,3)6-5-7(13-12-6)11-8(10)14-4/h5-9H,10H2,1-4H3,(H4,17,18,19,20,21);5H,1-4H3,(H3,10,11,12,13). The Labute approximate surface area is 217 Å². The van der Waals surface area contributed by atoms with Gasteiger partial charge in [0, 0.05) is 39.9 Å². The van der Waals surface area contributed by atoms with Crippen LogP contribution in [0.25, 0.3) is 0 Å². The van der Waals surface area contributed by atoms with Gasteiger partial charge in [-0.15, -0.1) is 0 Å². The Morgan fingerprint density at radius 1 is 1.00 bits per heavy atom. The molecule has 0 radical (unpaired) electrons. The number of aromatic amines is 2. The van der Waals surface area contributed by atoms with Crippen LogP contribution >= 0.6 is 11.8 Å². The van der Waals surface area contributed by atoms with Gasteiger partial charge in [-0.05, 0) is 12.3 Å². The van der Waals surface area contributed by atoms with E-state index in [1.807, 2.05) is 42.7 Å². The van der Waals surface area contributed by atoms with Gasteiger partial charge in [0.15, 0.2) is 22.8 Å². The van der Waals surface area contributed by atoms with E-state index in [0.29, 0.717) is 29.3 Å². The quantitative estimate of drug-likeness (QED) is 0.245. The molecule has 0 aliphatic rings. The third-order valence-electron chi connectivity index (χ3n) is 5.06. The second-order valence-electron chi connectivity index (χ2n) is 10.1. The maximum atomic E-state index is 5.91. The monoisotopic (exact) mass is 513 g/mol. The molecule has 0 spiro atoms. The lowest BCUT2D eigenvalue weighted by Gasteiger charge is -2.14. The van der Waals surface area contributed by atoms with Gasteiger partial charge in [0.05, 0.1) is 13.7 Å². The van der Waals surface area contributed by atoms with Gasteiger partial charge in [0.2, 0.25) is 0 Å². The fraction of sp³-hybridized carbons (Fsp3) is 0.440. The summed E-state index contributed by atoms with van der Waals surface area (Å²) in [7, 11) is 1.64. The summed E-state index contributed by atoms with van der Waals surface area (Å²) >= 11 is 1.41. The van der Waals surface area contributed by atoms with Crippen LogP contribution in [0, 0.1) is 0 Å². The Morgan fingerprint density at radius 2 is 1.61 bits per heavy atom. The van der Waals surface area contributed by atoms with E-state index in [9.17, 15) is 0 Å². The second-order valence-corrected chi connectivity index (χ2v) is 10.9.